The molecule has 0 saturated heterocycles. The van der Waals surface area contributed by atoms with E-state index in [-0.39, 0.29) is 23.1 Å². The molecule has 0 fully saturated rings. The molecule has 0 aliphatic carbocycles. The van der Waals surface area contributed by atoms with Crippen molar-refractivity contribution >= 4 is 35.0 Å². The first kappa shape index (κ1) is 17.7. The summed E-state index contributed by atoms with van der Waals surface area (Å²) in [5, 5.41) is 18.6. The summed E-state index contributed by atoms with van der Waals surface area (Å²) in [5.41, 5.74) is 0. The molecule has 0 aromatic rings. The zero-order valence-corrected chi connectivity index (χ0v) is 8.88. The molecule has 0 aliphatic heterocycles. The van der Waals surface area contributed by atoms with Gasteiger partial charge in [0, 0.05) is 18.4 Å². The summed E-state index contributed by atoms with van der Waals surface area (Å²) < 4.78 is 0. The third-order valence-electron chi connectivity index (χ3n) is 0.789. The number of hydrogen-bond donors (Lipinski definition) is 0. The summed E-state index contributed by atoms with van der Waals surface area (Å²) in [6, 6.07) is 0. The van der Waals surface area contributed by atoms with Gasteiger partial charge in [-0.3, -0.25) is 0 Å². The number of carbonyl (C=O) groups is 2. The second-order valence-electron chi connectivity index (χ2n) is 1.92. The van der Waals surface area contributed by atoms with Gasteiger partial charge in [0.25, 0.3) is 0 Å². The number of carboxylic acid groups (broad SMARTS) is 2. The van der Waals surface area contributed by atoms with Crippen molar-refractivity contribution in [3.63, 3.8) is 0 Å². The average molecular weight is 184 g/mol. The maximum atomic E-state index is 9.28. The Labute approximate surface area is 88.1 Å². The van der Waals surface area contributed by atoms with Gasteiger partial charge in [0.15, 0.2) is 0 Å². The molecule has 0 unspecified atom stereocenters. The smallest absolute Gasteiger partial charge is 0.550 e. The zero-order chi connectivity index (χ0) is 9.28. The molecule has 0 aromatic carbocycles. The molecule has 0 amide bonds. The fourth-order valence-electron chi connectivity index (χ4n) is 0.118. The number of unbranched alkanes of at least 4 members (excludes halogenated alkanes) is 1. The summed E-state index contributed by atoms with van der Waals surface area (Å²) >= 11 is 0. The van der Waals surface area contributed by atoms with E-state index in [9.17, 15) is 19.8 Å². The van der Waals surface area contributed by atoms with Crippen molar-refractivity contribution in [1.29, 1.82) is 0 Å². The van der Waals surface area contributed by atoms with Crippen LogP contribution in [0.4, 0.5) is 0 Å². The molecule has 0 heterocycles. The number of aliphatic carboxylic acids is 2. The second kappa shape index (κ2) is 13.3. The van der Waals surface area contributed by atoms with E-state index < -0.39 is 18.4 Å². The molecule has 0 N–H and O–H groups in total. The van der Waals surface area contributed by atoms with Crippen LogP contribution in [0.3, 0.4) is 0 Å². The first-order valence-corrected chi connectivity index (χ1v) is 3.44. The van der Waals surface area contributed by atoms with Crippen molar-refractivity contribution in [2.75, 3.05) is 0 Å². The Morgan fingerprint density at radius 2 is 1.25 bits per heavy atom. The van der Waals surface area contributed by atoms with Crippen molar-refractivity contribution in [3.05, 3.63) is 0 Å². The van der Waals surface area contributed by atoms with Gasteiger partial charge in [0.1, 0.15) is 0 Å². The van der Waals surface area contributed by atoms with Crippen LogP contribution in [0.5, 0.6) is 0 Å². The minimum atomic E-state index is -1.63. The Kier molecular flexibility index (Phi) is 19.6. The van der Waals surface area contributed by atoms with Gasteiger partial charge in [-0.05, 0) is 0 Å². The minimum Gasteiger partial charge on any atom is -0.550 e. The molecule has 0 aromatic heterocycles. The molecule has 0 atom stereocenters. The van der Waals surface area contributed by atoms with Gasteiger partial charge in [0.2, 0.25) is 0 Å². The molecule has 0 bridgehead atoms. The number of rotatable bonds is 3. The SMILES string of the molecule is CCCC.O=C([O-])CC(=O)[O-].[Mg+2]. The Bertz CT molecular complexity index is 111. The molecule has 0 radical (unpaired) electrons. The van der Waals surface area contributed by atoms with Gasteiger partial charge in [-0.15, -0.1) is 0 Å². The predicted octanol–water partition coefficient (Wildman–Crippen LogP) is -1.70. The van der Waals surface area contributed by atoms with Crippen LogP contribution in [0.15, 0.2) is 0 Å². The van der Waals surface area contributed by atoms with E-state index in [1.54, 1.807) is 0 Å². The molecule has 4 nitrogen and oxygen atoms in total. The molecule has 0 saturated carbocycles. The average Bonchev–Trinajstić information content (AvgIpc) is 1.85. The van der Waals surface area contributed by atoms with Gasteiger partial charge < -0.3 is 19.8 Å². The second-order valence-corrected chi connectivity index (χ2v) is 1.92. The van der Waals surface area contributed by atoms with Crippen molar-refractivity contribution in [1.82, 2.24) is 0 Å². The molecule has 66 valence electrons. The van der Waals surface area contributed by atoms with Crippen LogP contribution in [0.25, 0.3) is 0 Å². The fraction of sp³-hybridized carbons (Fsp3) is 0.714. The summed E-state index contributed by atoms with van der Waals surface area (Å²) in [4.78, 5) is 18.6. The van der Waals surface area contributed by atoms with Gasteiger partial charge in [-0.25, -0.2) is 0 Å². The van der Waals surface area contributed by atoms with Crippen LogP contribution >= 0.6 is 0 Å². The monoisotopic (exact) mass is 184 g/mol. The van der Waals surface area contributed by atoms with E-state index in [1.165, 1.54) is 12.8 Å². The summed E-state index contributed by atoms with van der Waals surface area (Å²) in [6.45, 7) is 4.36. The van der Waals surface area contributed by atoms with Crippen LogP contribution in [-0.4, -0.2) is 35.0 Å². The van der Waals surface area contributed by atoms with Crippen LogP contribution in [-0.2, 0) is 9.59 Å². The van der Waals surface area contributed by atoms with Gasteiger partial charge in [0.05, 0.1) is 0 Å². The van der Waals surface area contributed by atoms with Crippen molar-refractivity contribution in [2.24, 2.45) is 0 Å². The van der Waals surface area contributed by atoms with Crippen LogP contribution < -0.4 is 10.2 Å². The third-order valence-corrected chi connectivity index (χ3v) is 0.789. The Morgan fingerprint density at radius 3 is 1.25 bits per heavy atom. The summed E-state index contributed by atoms with van der Waals surface area (Å²) in [5.74, 6) is -3.25. The molecule has 5 heteroatoms. The maximum absolute atomic E-state index is 9.28. The zero-order valence-electron chi connectivity index (χ0n) is 7.46. The van der Waals surface area contributed by atoms with Gasteiger partial charge in [-0.2, -0.15) is 0 Å². The predicted molar refractivity (Wildman–Crippen MR) is 41.0 cm³/mol. The van der Waals surface area contributed by atoms with Crippen molar-refractivity contribution < 1.29 is 19.8 Å². The standard InChI is InChI=1S/C4H10.C3H4O4.Mg/c1-3-4-2;4-2(5)1-3(6)7;/h3-4H2,1-2H3;1H2,(H,4,5)(H,6,7);/q;;+2/p-2. The number of hydrogen-bond acceptors (Lipinski definition) is 4. The maximum Gasteiger partial charge on any atom is 2.00 e. The van der Waals surface area contributed by atoms with Gasteiger partial charge in [-0.1, -0.05) is 26.7 Å². The molecule has 0 rings (SSSR count). The fourth-order valence-corrected chi connectivity index (χ4v) is 0.118. The van der Waals surface area contributed by atoms with E-state index in [2.05, 4.69) is 13.8 Å². The molecule has 0 aliphatic rings. The topological polar surface area (TPSA) is 80.3 Å². The van der Waals surface area contributed by atoms with E-state index in [1.807, 2.05) is 0 Å². The van der Waals surface area contributed by atoms with Crippen LogP contribution in [0.2, 0.25) is 0 Å². The van der Waals surface area contributed by atoms with E-state index >= 15 is 0 Å². The largest absolute Gasteiger partial charge is 2.00 e. The first-order chi connectivity index (χ1) is 5.04. The molecular weight excluding hydrogens is 172 g/mol. The van der Waals surface area contributed by atoms with Crippen LogP contribution in [0, 0.1) is 0 Å². The Hall–Kier alpha value is -0.294. The van der Waals surface area contributed by atoms with E-state index in [0.29, 0.717) is 0 Å². The number of carbonyl (C=O) groups excluding carboxylic acids is 2. The summed E-state index contributed by atoms with van der Waals surface area (Å²) in [6.07, 6.45) is 1.61. The molecular formula is C7H12MgO4. The third kappa shape index (κ3) is 33.2. The first-order valence-electron chi connectivity index (χ1n) is 3.44. The number of carboxylic acids is 2. The van der Waals surface area contributed by atoms with Gasteiger partial charge >= 0.3 is 23.1 Å². The van der Waals surface area contributed by atoms with Crippen molar-refractivity contribution in [2.45, 2.75) is 33.1 Å². The normalized spacial score (nSPS) is 7.17. The summed E-state index contributed by atoms with van der Waals surface area (Å²) in [7, 11) is 0. The van der Waals surface area contributed by atoms with E-state index in [0.717, 1.165) is 0 Å². The molecule has 0 spiro atoms. The Morgan fingerprint density at radius 1 is 1.00 bits per heavy atom. The quantitative estimate of drug-likeness (QED) is 0.387. The Balaban J connectivity index is -0.000000142. The molecule has 12 heavy (non-hydrogen) atoms. The van der Waals surface area contributed by atoms with Crippen LogP contribution in [0.1, 0.15) is 33.1 Å². The minimum absolute atomic E-state index is 0. The van der Waals surface area contributed by atoms with E-state index in [4.69, 9.17) is 0 Å². The van der Waals surface area contributed by atoms with Crippen molar-refractivity contribution in [3.8, 4) is 0 Å².